The van der Waals surface area contributed by atoms with Crippen LogP contribution in [0.15, 0.2) is 23.4 Å². The first-order chi connectivity index (χ1) is 8.74. The van der Waals surface area contributed by atoms with Crippen molar-refractivity contribution in [3.8, 4) is 0 Å². The van der Waals surface area contributed by atoms with Gasteiger partial charge in [0.15, 0.2) is 0 Å². The third-order valence-electron chi connectivity index (χ3n) is 3.58. The Hall–Kier alpha value is -0.0200. The van der Waals surface area contributed by atoms with Crippen molar-refractivity contribution in [2.45, 2.75) is 45.4 Å². The van der Waals surface area contributed by atoms with E-state index in [0.717, 1.165) is 37.4 Å². The molecular weight excluding hydrogens is 258 g/mol. The molecule has 0 radical (unpaired) electrons. The van der Waals surface area contributed by atoms with E-state index in [2.05, 4.69) is 43.7 Å². The maximum absolute atomic E-state index is 4.40. The summed E-state index contributed by atoms with van der Waals surface area (Å²) in [6, 6.07) is 0. The third kappa shape index (κ3) is 4.58. The van der Waals surface area contributed by atoms with Gasteiger partial charge in [0.05, 0.1) is 0 Å². The summed E-state index contributed by atoms with van der Waals surface area (Å²) in [4.78, 5) is 2.51. The van der Waals surface area contributed by atoms with Gasteiger partial charge in [-0.3, -0.25) is 0 Å². The first kappa shape index (κ1) is 16.0. The molecule has 0 saturated carbocycles. The first-order valence-electron chi connectivity index (χ1n) is 7.11. The monoisotopic (exact) mass is 285 g/mol. The fourth-order valence-corrected chi connectivity index (χ4v) is 3.13. The number of rotatable bonds is 8. The van der Waals surface area contributed by atoms with Gasteiger partial charge in [0.25, 0.3) is 0 Å². The van der Waals surface area contributed by atoms with Crippen molar-refractivity contribution in [2.75, 3.05) is 24.6 Å². The second kappa shape index (κ2) is 8.98. The lowest BCUT2D eigenvalue weighted by molar-refractivity contribution is 0.351. The smallest absolute Gasteiger partial charge is 0.0384 e. The van der Waals surface area contributed by atoms with Gasteiger partial charge in [0.1, 0.15) is 0 Å². The largest absolute Gasteiger partial charge is 0.371 e. The molecule has 3 heteroatoms. The van der Waals surface area contributed by atoms with Gasteiger partial charge in [-0.05, 0) is 55.4 Å². The van der Waals surface area contributed by atoms with Crippen molar-refractivity contribution < 1.29 is 0 Å². The molecule has 104 valence electrons. The lowest BCUT2D eigenvalue weighted by Gasteiger charge is -2.33. The predicted molar refractivity (Wildman–Crippen MR) is 88.8 cm³/mol. The average Bonchev–Trinajstić information content (AvgIpc) is 2.38. The van der Waals surface area contributed by atoms with Crippen molar-refractivity contribution in [2.24, 2.45) is 0 Å². The van der Waals surface area contributed by atoms with Crippen LogP contribution in [-0.2, 0) is 0 Å². The standard InChI is InChI=1S/C15H27NS2/c1-3-14-8-6-7-13(2)15(14)16(10-12-18)9-4-5-11-17/h17-18H,2-12H2,1H3. The van der Waals surface area contributed by atoms with Gasteiger partial charge < -0.3 is 4.90 Å². The summed E-state index contributed by atoms with van der Waals surface area (Å²) in [7, 11) is 0. The number of nitrogens with zero attached hydrogens (tertiary/aromatic N) is 1. The van der Waals surface area contributed by atoms with Crippen LogP contribution in [-0.4, -0.2) is 29.5 Å². The summed E-state index contributed by atoms with van der Waals surface area (Å²) < 4.78 is 0. The van der Waals surface area contributed by atoms with E-state index in [1.165, 1.54) is 37.0 Å². The van der Waals surface area contributed by atoms with E-state index in [1.807, 2.05) is 0 Å². The highest BCUT2D eigenvalue weighted by molar-refractivity contribution is 7.80. The van der Waals surface area contributed by atoms with Gasteiger partial charge in [-0.1, -0.05) is 13.5 Å². The Morgan fingerprint density at radius 2 is 1.89 bits per heavy atom. The van der Waals surface area contributed by atoms with Crippen LogP contribution < -0.4 is 0 Å². The van der Waals surface area contributed by atoms with Crippen molar-refractivity contribution in [3.63, 3.8) is 0 Å². The van der Waals surface area contributed by atoms with Crippen molar-refractivity contribution >= 4 is 25.3 Å². The number of allylic oxidation sites excluding steroid dienone is 2. The Kier molecular flexibility index (Phi) is 8.00. The Morgan fingerprint density at radius 1 is 1.11 bits per heavy atom. The Morgan fingerprint density at radius 3 is 2.50 bits per heavy atom. The van der Waals surface area contributed by atoms with Gasteiger partial charge in [-0.25, -0.2) is 0 Å². The molecule has 0 amide bonds. The molecule has 0 aromatic rings. The van der Waals surface area contributed by atoms with E-state index in [0.29, 0.717) is 0 Å². The summed E-state index contributed by atoms with van der Waals surface area (Å²) in [6.07, 6.45) is 7.24. The minimum Gasteiger partial charge on any atom is -0.371 e. The highest BCUT2D eigenvalue weighted by Crippen LogP contribution is 2.32. The van der Waals surface area contributed by atoms with Crippen molar-refractivity contribution in [1.82, 2.24) is 4.90 Å². The van der Waals surface area contributed by atoms with E-state index in [4.69, 9.17) is 0 Å². The molecule has 0 aliphatic heterocycles. The highest BCUT2D eigenvalue weighted by atomic mass is 32.1. The molecule has 0 spiro atoms. The molecule has 0 bridgehead atoms. The van der Waals surface area contributed by atoms with Gasteiger partial charge >= 0.3 is 0 Å². The molecule has 0 unspecified atom stereocenters. The van der Waals surface area contributed by atoms with E-state index >= 15 is 0 Å². The second-order valence-electron chi connectivity index (χ2n) is 4.90. The molecule has 1 nitrogen and oxygen atoms in total. The number of hydrogen-bond donors (Lipinski definition) is 2. The van der Waals surface area contributed by atoms with Crippen LogP contribution in [0.25, 0.3) is 0 Å². The van der Waals surface area contributed by atoms with Crippen LogP contribution in [0.2, 0.25) is 0 Å². The summed E-state index contributed by atoms with van der Waals surface area (Å²) in [5.74, 6) is 1.89. The third-order valence-corrected chi connectivity index (χ3v) is 4.09. The van der Waals surface area contributed by atoms with Crippen LogP contribution in [0.3, 0.4) is 0 Å². The fourth-order valence-electron chi connectivity index (χ4n) is 2.66. The average molecular weight is 286 g/mol. The minimum absolute atomic E-state index is 0.911. The molecule has 0 aromatic heterocycles. The molecule has 0 N–H and O–H groups in total. The van der Waals surface area contributed by atoms with E-state index < -0.39 is 0 Å². The van der Waals surface area contributed by atoms with Gasteiger partial charge in [-0.2, -0.15) is 25.3 Å². The molecule has 0 heterocycles. The van der Waals surface area contributed by atoms with E-state index in [9.17, 15) is 0 Å². The quantitative estimate of drug-likeness (QED) is 0.496. The van der Waals surface area contributed by atoms with E-state index in [-0.39, 0.29) is 0 Å². The zero-order chi connectivity index (χ0) is 13.4. The minimum atomic E-state index is 0.911. The van der Waals surface area contributed by atoms with Crippen molar-refractivity contribution in [1.29, 1.82) is 0 Å². The molecule has 1 rings (SSSR count). The topological polar surface area (TPSA) is 3.24 Å². The van der Waals surface area contributed by atoms with Crippen LogP contribution in [0.1, 0.15) is 45.4 Å². The number of thiol groups is 2. The van der Waals surface area contributed by atoms with E-state index in [1.54, 1.807) is 5.57 Å². The maximum Gasteiger partial charge on any atom is 0.0384 e. The zero-order valence-electron chi connectivity index (χ0n) is 11.6. The number of hydrogen-bond acceptors (Lipinski definition) is 3. The molecule has 0 atom stereocenters. The molecular formula is C15H27NS2. The maximum atomic E-state index is 4.40. The van der Waals surface area contributed by atoms with Crippen LogP contribution >= 0.6 is 25.3 Å². The molecule has 1 aliphatic carbocycles. The first-order valence-corrected chi connectivity index (χ1v) is 8.37. The zero-order valence-corrected chi connectivity index (χ0v) is 13.4. The molecule has 1 aliphatic rings. The molecule has 0 saturated heterocycles. The summed E-state index contributed by atoms with van der Waals surface area (Å²) in [5, 5.41) is 0. The summed E-state index contributed by atoms with van der Waals surface area (Å²) >= 11 is 8.70. The van der Waals surface area contributed by atoms with Crippen LogP contribution in [0.5, 0.6) is 0 Å². The highest BCUT2D eigenvalue weighted by Gasteiger charge is 2.19. The fraction of sp³-hybridized carbons (Fsp3) is 0.733. The van der Waals surface area contributed by atoms with Crippen LogP contribution in [0.4, 0.5) is 0 Å². The molecule has 0 aromatic carbocycles. The second-order valence-corrected chi connectivity index (χ2v) is 5.80. The van der Waals surface area contributed by atoms with Crippen molar-refractivity contribution in [3.05, 3.63) is 23.4 Å². The predicted octanol–water partition coefficient (Wildman–Crippen LogP) is 4.33. The lowest BCUT2D eigenvalue weighted by atomic mass is 9.90. The lowest BCUT2D eigenvalue weighted by Crippen LogP contribution is -2.29. The van der Waals surface area contributed by atoms with Gasteiger partial charge in [0, 0.05) is 24.5 Å². The summed E-state index contributed by atoms with van der Waals surface area (Å²) in [5.41, 5.74) is 4.39. The number of unbranched alkanes of at least 4 members (excludes halogenated alkanes) is 1. The Bertz CT molecular complexity index is 297. The summed E-state index contributed by atoms with van der Waals surface area (Å²) in [6.45, 7) is 8.71. The SMILES string of the molecule is C=C1CCCC(CC)=C1N(CCS)CCCCS. The Labute approximate surface area is 124 Å². The molecule has 0 fully saturated rings. The van der Waals surface area contributed by atoms with Crippen LogP contribution in [0, 0.1) is 0 Å². The molecule has 18 heavy (non-hydrogen) atoms. The Balaban J connectivity index is 2.79. The van der Waals surface area contributed by atoms with Gasteiger partial charge in [-0.15, -0.1) is 0 Å². The normalized spacial score (nSPS) is 16.3. The van der Waals surface area contributed by atoms with Gasteiger partial charge in [0.2, 0.25) is 0 Å².